The molecule has 0 bridgehead atoms. The molecule has 0 saturated carbocycles. The lowest BCUT2D eigenvalue weighted by Gasteiger charge is -2.34. The first-order valence-corrected chi connectivity index (χ1v) is 11.3. The van der Waals surface area contributed by atoms with Crippen LogP contribution in [0.3, 0.4) is 0 Å². The van der Waals surface area contributed by atoms with Gasteiger partial charge in [-0.15, -0.1) is 0 Å². The summed E-state index contributed by atoms with van der Waals surface area (Å²) in [6, 6.07) is 14.4. The fourth-order valence-electron chi connectivity index (χ4n) is 4.23. The molecule has 1 aliphatic heterocycles. The lowest BCUT2D eigenvalue weighted by atomic mass is 10.2. The van der Waals surface area contributed by atoms with Crippen LogP contribution in [0.2, 0.25) is 5.02 Å². The molecule has 0 aliphatic carbocycles. The molecule has 32 heavy (non-hydrogen) atoms. The molecule has 0 spiro atoms. The van der Waals surface area contributed by atoms with Gasteiger partial charge in [0.05, 0.1) is 17.6 Å². The predicted octanol–water partition coefficient (Wildman–Crippen LogP) is 2.42. The third-order valence-corrected chi connectivity index (χ3v) is 6.20. The van der Waals surface area contributed by atoms with Crippen LogP contribution >= 0.6 is 11.6 Å². The van der Waals surface area contributed by atoms with Gasteiger partial charge in [-0.2, -0.15) is 0 Å². The summed E-state index contributed by atoms with van der Waals surface area (Å²) in [5, 5.41) is 0.607. The Kier molecular flexibility index (Phi) is 6.77. The van der Waals surface area contributed by atoms with Gasteiger partial charge in [-0.3, -0.25) is 28.4 Å². The van der Waals surface area contributed by atoms with Gasteiger partial charge < -0.3 is 4.90 Å². The molecular formula is C24H27ClN4O3. The molecule has 3 aromatic rings. The van der Waals surface area contributed by atoms with Gasteiger partial charge in [0.2, 0.25) is 5.91 Å². The van der Waals surface area contributed by atoms with Gasteiger partial charge in [0.25, 0.3) is 0 Å². The smallest absolute Gasteiger partial charge is 0.317 e. The van der Waals surface area contributed by atoms with Crippen LogP contribution in [-0.2, 0) is 17.9 Å². The zero-order valence-corrected chi connectivity index (χ0v) is 18.9. The van der Waals surface area contributed by atoms with Crippen LogP contribution in [0.15, 0.2) is 58.1 Å². The predicted molar refractivity (Wildman–Crippen MR) is 126 cm³/mol. The Labute approximate surface area is 191 Å². The highest BCUT2D eigenvalue weighted by Crippen LogP contribution is 2.15. The second kappa shape index (κ2) is 9.71. The molecule has 4 rings (SSSR count). The largest absolute Gasteiger partial charge is 0.339 e. The zero-order chi connectivity index (χ0) is 22.7. The third-order valence-electron chi connectivity index (χ3n) is 5.95. The average molecular weight is 455 g/mol. The highest BCUT2D eigenvalue weighted by Gasteiger charge is 2.22. The van der Waals surface area contributed by atoms with Crippen LogP contribution in [0.25, 0.3) is 11.0 Å². The minimum Gasteiger partial charge on any atom is -0.339 e. The van der Waals surface area contributed by atoms with E-state index in [4.69, 9.17) is 11.6 Å². The molecule has 0 N–H and O–H groups in total. The number of hydrogen-bond donors (Lipinski definition) is 0. The van der Waals surface area contributed by atoms with E-state index >= 15 is 0 Å². The van der Waals surface area contributed by atoms with E-state index < -0.39 is 11.1 Å². The molecule has 1 aromatic heterocycles. The number of halogens is 1. The van der Waals surface area contributed by atoms with Crippen molar-refractivity contribution in [1.29, 1.82) is 0 Å². The van der Waals surface area contributed by atoms with Crippen LogP contribution in [-0.4, -0.2) is 57.6 Å². The molecule has 1 aliphatic rings. The number of carbonyl (C=O) groups excluding carboxylic acids is 1. The summed E-state index contributed by atoms with van der Waals surface area (Å²) in [7, 11) is 0. The van der Waals surface area contributed by atoms with Crippen LogP contribution in [0, 0.1) is 0 Å². The van der Waals surface area contributed by atoms with E-state index in [0.717, 1.165) is 31.6 Å². The fourth-order valence-corrected chi connectivity index (χ4v) is 4.36. The Morgan fingerprint density at radius 2 is 1.47 bits per heavy atom. The summed E-state index contributed by atoms with van der Waals surface area (Å²) >= 11 is 5.96. The van der Waals surface area contributed by atoms with Gasteiger partial charge in [-0.25, -0.2) is 0 Å². The maximum absolute atomic E-state index is 13.0. The summed E-state index contributed by atoms with van der Waals surface area (Å²) < 4.78 is 2.78. The number of hydrogen-bond acceptors (Lipinski definition) is 4. The van der Waals surface area contributed by atoms with E-state index in [9.17, 15) is 14.4 Å². The maximum Gasteiger partial charge on any atom is 0.317 e. The SMILES string of the molecule is CCCN1CCN(C(=O)Cn2c(=O)c(=O)n(Cc3ccc(Cl)cc3)c3ccccc32)CC1. The number of para-hydroxylation sites is 2. The number of amides is 1. The van der Waals surface area contributed by atoms with Crippen molar-refractivity contribution in [2.75, 3.05) is 32.7 Å². The summed E-state index contributed by atoms with van der Waals surface area (Å²) in [5.74, 6) is -0.136. The standard InChI is InChI=1S/C24H27ClN4O3/c1-2-11-26-12-14-27(15-13-26)22(30)17-29-21-6-4-3-5-20(21)28(23(31)24(29)32)16-18-7-9-19(25)10-8-18/h3-10H,2,11-17H2,1H3. The van der Waals surface area contributed by atoms with Crippen molar-refractivity contribution in [2.24, 2.45) is 0 Å². The van der Waals surface area contributed by atoms with Crippen molar-refractivity contribution in [2.45, 2.75) is 26.4 Å². The normalized spacial score (nSPS) is 14.8. The molecule has 8 heteroatoms. The first-order chi connectivity index (χ1) is 15.5. The Hall–Kier alpha value is -2.90. The first kappa shape index (κ1) is 22.3. The van der Waals surface area contributed by atoms with Crippen molar-refractivity contribution in [3.8, 4) is 0 Å². The quantitative estimate of drug-likeness (QED) is 0.536. The highest BCUT2D eigenvalue weighted by atomic mass is 35.5. The Balaban J connectivity index is 1.64. The third kappa shape index (κ3) is 4.64. The van der Waals surface area contributed by atoms with Crippen LogP contribution in [0.4, 0.5) is 0 Å². The molecule has 168 valence electrons. The van der Waals surface area contributed by atoms with Gasteiger partial charge in [-0.1, -0.05) is 42.8 Å². The summed E-state index contributed by atoms with van der Waals surface area (Å²) in [5.41, 5.74) is 0.728. The van der Waals surface area contributed by atoms with Crippen molar-refractivity contribution in [3.05, 3.63) is 79.8 Å². The Morgan fingerprint density at radius 1 is 0.875 bits per heavy atom. The molecule has 1 saturated heterocycles. The van der Waals surface area contributed by atoms with Crippen LogP contribution in [0.5, 0.6) is 0 Å². The molecule has 2 heterocycles. The van der Waals surface area contributed by atoms with Crippen molar-refractivity contribution in [3.63, 3.8) is 0 Å². The van der Waals surface area contributed by atoms with Gasteiger partial charge >= 0.3 is 11.1 Å². The van der Waals surface area contributed by atoms with E-state index in [1.54, 1.807) is 29.2 Å². The van der Waals surface area contributed by atoms with E-state index in [1.165, 1.54) is 9.13 Å². The zero-order valence-electron chi connectivity index (χ0n) is 18.2. The number of aromatic nitrogens is 2. The number of rotatable bonds is 6. The van der Waals surface area contributed by atoms with Crippen LogP contribution in [0.1, 0.15) is 18.9 Å². The minimum absolute atomic E-state index is 0.135. The molecule has 0 radical (unpaired) electrons. The number of fused-ring (bicyclic) bond motifs is 1. The topological polar surface area (TPSA) is 67.5 Å². The fraction of sp³-hybridized carbons (Fsp3) is 0.375. The van der Waals surface area contributed by atoms with Gasteiger partial charge in [0, 0.05) is 31.2 Å². The molecular weight excluding hydrogens is 428 g/mol. The maximum atomic E-state index is 13.0. The first-order valence-electron chi connectivity index (χ1n) is 10.9. The Morgan fingerprint density at radius 3 is 2.09 bits per heavy atom. The van der Waals surface area contributed by atoms with Crippen molar-refractivity contribution >= 4 is 28.5 Å². The second-order valence-corrected chi connectivity index (χ2v) is 8.56. The molecule has 1 fully saturated rings. The molecule has 1 amide bonds. The molecule has 2 aromatic carbocycles. The number of carbonyl (C=O) groups is 1. The van der Waals surface area contributed by atoms with Gasteiger partial charge in [0.1, 0.15) is 6.54 Å². The van der Waals surface area contributed by atoms with E-state index in [2.05, 4.69) is 11.8 Å². The van der Waals surface area contributed by atoms with Crippen molar-refractivity contribution < 1.29 is 4.79 Å². The molecule has 0 unspecified atom stereocenters. The molecule has 7 nitrogen and oxygen atoms in total. The van der Waals surface area contributed by atoms with Crippen LogP contribution < -0.4 is 11.1 Å². The van der Waals surface area contributed by atoms with Crippen molar-refractivity contribution in [1.82, 2.24) is 18.9 Å². The number of nitrogens with zero attached hydrogens (tertiary/aromatic N) is 4. The lowest BCUT2D eigenvalue weighted by molar-refractivity contribution is -0.133. The minimum atomic E-state index is -0.685. The number of benzene rings is 2. The van der Waals surface area contributed by atoms with E-state index in [1.807, 2.05) is 24.3 Å². The van der Waals surface area contributed by atoms with Gasteiger partial charge in [0.15, 0.2) is 0 Å². The highest BCUT2D eigenvalue weighted by molar-refractivity contribution is 6.30. The summed E-state index contributed by atoms with van der Waals surface area (Å²) in [6.07, 6.45) is 1.08. The monoisotopic (exact) mass is 454 g/mol. The number of piperazine rings is 1. The summed E-state index contributed by atoms with van der Waals surface area (Å²) in [4.78, 5) is 43.1. The average Bonchev–Trinajstić information content (AvgIpc) is 2.81. The summed E-state index contributed by atoms with van der Waals surface area (Å²) in [6.45, 7) is 6.22. The Bertz CT molecular complexity index is 1220. The van der Waals surface area contributed by atoms with E-state index in [-0.39, 0.29) is 19.0 Å². The molecule has 0 atom stereocenters. The van der Waals surface area contributed by atoms with Gasteiger partial charge in [-0.05, 0) is 42.8 Å². The second-order valence-electron chi connectivity index (χ2n) is 8.12. The lowest BCUT2D eigenvalue weighted by Crippen LogP contribution is -2.51. The van der Waals surface area contributed by atoms with E-state index in [0.29, 0.717) is 29.1 Å².